The summed E-state index contributed by atoms with van der Waals surface area (Å²) >= 11 is 0. The fourth-order valence-corrected chi connectivity index (χ4v) is 2.31. The molecule has 0 aliphatic carbocycles. The second kappa shape index (κ2) is 6.57. The van der Waals surface area contributed by atoms with Gasteiger partial charge in [0.05, 0.1) is 11.3 Å². The summed E-state index contributed by atoms with van der Waals surface area (Å²) in [5, 5.41) is 6.34. The molecule has 0 spiro atoms. The molecule has 1 aliphatic heterocycles. The predicted molar refractivity (Wildman–Crippen MR) is 78.8 cm³/mol. The largest absolute Gasteiger partial charge is 0.384 e. The number of benzene rings is 1. The number of carbonyl (C=O) groups excluding carboxylic acids is 1. The number of carbonyl (C=O) groups is 1. The molecule has 0 unspecified atom stereocenters. The molecule has 4 heteroatoms. The van der Waals surface area contributed by atoms with E-state index in [9.17, 15) is 4.79 Å². The lowest BCUT2D eigenvalue weighted by Gasteiger charge is -2.21. The number of hydrogen-bond donors (Lipinski definition) is 2. The van der Waals surface area contributed by atoms with Crippen LogP contribution >= 0.6 is 0 Å². The Kier molecular flexibility index (Phi) is 4.80. The van der Waals surface area contributed by atoms with Crippen molar-refractivity contribution in [3.05, 3.63) is 29.3 Å². The predicted octanol–water partition coefficient (Wildman–Crippen LogP) is 1.73. The first-order valence-corrected chi connectivity index (χ1v) is 7.05. The number of nitrogens with zero attached hydrogens (tertiary/aromatic N) is 1. The van der Waals surface area contributed by atoms with E-state index in [-0.39, 0.29) is 5.91 Å². The van der Waals surface area contributed by atoms with Gasteiger partial charge in [0.15, 0.2) is 0 Å². The van der Waals surface area contributed by atoms with Crippen molar-refractivity contribution >= 4 is 11.6 Å². The van der Waals surface area contributed by atoms with Crippen molar-refractivity contribution in [2.45, 2.75) is 19.8 Å². The summed E-state index contributed by atoms with van der Waals surface area (Å²) in [5.74, 6) is 0.0238. The second-order valence-corrected chi connectivity index (χ2v) is 5.02. The first-order chi connectivity index (χ1) is 9.22. The van der Waals surface area contributed by atoms with Crippen LogP contribution in [0.4, 0.5) is 5.69 Å². The third kappa shape index (κ3) is 3.47. The van der Waals surface area contributed by atoms with E-state index >= 15 is 0 Å². The Morgan fingerprint density at radius 3 is 3.11 bits per heavy atom. The molecule has 0 aromatic heterocycles. The molecule has 1 aliphatic rings. The van der Waals surface area contributed by atoms with Gasteiger partial charge in [0, 0.05) is 19.6 Å². The SMILES string of the molecule is CCN(C)CCNC(=O)c1cccc2c1NCCC2. The fourth-order valence-electron chi connectivity index (χ4n) is 2.31. The molecule has 104 valence electrons. The molecule has 1 aromatic rings. The van der Waals surface area contributed by atoms with Crippen LogP contribution in [0.15, 0.2) is 18.2 Å². The topological polar surface area (TPSA) is 44.4 Å². The van der Waals surface area contributed by atoms with E-state index in [4.69, 9.17) is 0 Å². The summed E-state index contributed by atoms with van der Waals surface area (Å²) in [5.41, 5.74) is 3.05. The maximum atomic E-state index is 12.2. The van der Waals surface area contributed by atoms with E-state index in [1.165, 1.54) is 5.56 Å². The van der Waals surface area contributed by atoms with Crippen LogP contribution in [-0.2, 0) is 6.42 Å². The van der Waals surface area contributed by atoms with Crippen molar-refractivity contribution in [2.75, 3.05) is 38.5 Å². The Labute approximate surface area is 115 Å². The Morgan fingerprint density at radius 2 is 2.32 bits per heavy atom. The summed E-state index contributed by atoms with van der Waals surface area (Å²) in [4.78, 5) is 14.4. The lowest BCUT2D eigenvalue weighted by atomic mass is 9.99. The van der Waals surface area contributed by atoms with E-state index in [0.717, 1.165) is 43.7 Å². The smallest absolute Gasteiger partial charge is 0.253 e. The summed E-state index contributed by atoms with van der Waals surface area (Å²) < 4.78 is 0. The number of para-hydroxylation sites is 1. The minimum absolute atomic E-state index is 0.0238. The van der Waals surface area contributed by atoms with E-state index < -0.39 is 0 Å². The third-order valence-corrected chi connectivity index (χ3v) is 3.64. The first kappa shape index (κ1) is 13.9. The zero-order valence-corrected chi connectivity index (χ0v) is 11.8. The van der Waals surface area contributed by atoms with Crippen LogP contribution in [0.3, 0.4) is 0 Å². The summed E-state index contributed by atoms with van der Waals surface area (Å²) in [6.45, 7) is 5.63. The summed E-state index contributed by atoms with van der Waals surface area (Å²) in [6.07, 6.45) is 2.20. The number of fused-ring (bicyclic) bond motifs is 1. The number of aryl methyl sites for hydroxylation is 1. The van der Waals surface area contributed by atoms with Crippen LogP contribution in [0.25, 0.3) is 0 Å². The van der Waals surface area contributed by atoms with Crippen LogP contribution in [0, 0.1) is 0 Å². The van der Waals surface area contributed by atoms with Crippen molar-refractivity contribution in [1.29, 1.82) is 0 Å². The van der Waals surface area contributed by atoms with Gasteiger partial charge in [-0.3, -0.25) is 4.79 Å². The molecule has 0 atom stereocenters. The highest BCUT2D eigenvalue weighted by Crippen LogP contribution is 2.25. The number of likely N-dealkylation sites (N-methyl/N-ethyl adjacent to an activating group) is 1. The molecular formula is C15H23N3O. The van der Waals surface area contributed by atoms with Crippen molar-refractivity contribution in [1.82, 2.24) is 10.2 Å². The average Bonchev–Trinajstić information content (AvgIpc) is 2.46. The van der Waals surface area contributed by atoms with Crippen molar-refractivity contribution in [3.8, 4) is 0 Å². The number of anilines is 1. The van der Waals surface area contributed by atoms with Crippen molar-refractivity contribution in [2.24, 2.45) is 0 Å². The van der Waals surface area contributed by atoms with E-state index in [1.807, 2.05) is 12.1 Å². The molecule has 0 radical (unpaired) electrons. The van der Waals surface area contributed by atoms with Gasteiger partial charge in [-0.25, -0.2) is 0 Å². The number of nitrogens with one attached hydrogen (secondary N) is 2. The molecule has 0 fully saturated rings. The lowest BCUT2D eigenvalue weighted by Crippen LogP contribution is -2.33. The molecule has 1 aromatic carbocycles. The maximum absolute atomic E-state index is 12.2. The Bertz CT molecular complexity index is 445. The number of rotatable bonds is 5. The van der Waals surface area contributed by atoms with Gasteiger partial charge < -0.3 is 15.5 Å². The Morgan fingerprint density at radius 1 is 1.47 bits per heavy atom. The standard InChI is InChI=1S/C15H23N3O/c1-3-18(2)11-10-17-15(19)13-8-4-6-12-7-5-9-16-14(12)13/h4,6,8,16H,3,5,7,9-11H2,1-2H3,(H,17,19). The van der Waals surface area contributed by atoms with Crippen molar-refractivity contribution < 1.29 is 4.79 Å². The molecule has 4 nitrogen and oxygen atoms in total. The normalized spacial score (nSPS) is 13.8. The zero-order valence-electron chi connectivity index (χ0n) is 11.8. The quantitative estimate of drug-likeness (QED) is 0.848. The highest BCUT2D eigenvalue weighted by molar-refractivity contribution is 6.00. The fraction of sp³-hybridized carbons (Fsp3) is 0.533. The van der Waals surface area contributed by atoms with Gasteiger partial charge in [0.25, 0.3) is 5.91 Å². The average molecular weight is 261 g/mol. The van der Waals surface area contributed by atoms with Gasteiger partial charge in [-0.2, -0.15) is 0 Å². The highest BCUT2D eigenvalue weighted by atomic mass is 16.1. The number of amides is 1. The summed E-state index contributed by atoms with van der Waals surface area (Å²) in [6, 6.07) is 5.97. The Balaban J connectivity index is 1.99. The minimum Gasteiger partial charge on any atom is -0.384 e. The van der Waals surface area contributed by atoms with E-state index in [2.05, 4.69) is 35.6 Å². The zero-order chi connectivity index (χ0) is 13.7. The molecule has 0 saturated carbocycles. The molecule has 1 heterocycles. The lowest BCUT2D eigenvalue weighted by molar-refractivity contribution is 0.0951. The van der Waals surface area contributed by atoms with Crippen LogP contribution < -0.4 is 10.6 Å². The minimum atomic E-state index is 0.0238. The molecule has 2 N–H and O–H groups in total. The molecular weight excluding hydrogens is 238 g/mol. The third-order valence-electron chi connectivity index (χ3n) is 3.64. The van der Waals surface area contributed by atoms with E-state index in [1.54, 1.807) is 0 Å². The van der Waals surface area contributed by atoms with Gasteiger partial charge in [-0.15, -0.1) is 0 Å². The van der Waals surface area contributed by atoms with Crippen LogP contribution in [0.1, 0.15) is 29.3 Å². The molecule has 0 saturated heterocycles. The summed E-state index contributed by atoms with van der Waals surface area (Å²) in [7, 11) is 2.05. The maximum Gasteiger partial charge on any atom is 0.253 e. The molecule has 2 rings (SSSR count). The number of hydrogen-bond acceptors (Lipinski definition) is 3. The van der Waals surface area contributed by atoms with Crippen LogP contribution in [0.5, 0.6) is 0 Å². The van der Waals surface area contributed by atoms with Crippen molar-refractivity contribution in [3.63, 3.8) is 0 Å². The van der Waals surface area contributed by atoms with Gasteiger partial charge in [-0.05, 0) is 38.1 Å². The second-order valence-electron chi connectivity index (χ2n) is 5.02. The first-order valence-electron chi connectivity index (χ1n) is 7.05. The van der Waals surface area contributed by atoms with Gasteiger partial charge in [-0.1, -0.05) is 19.1 Å². The molecule has 0 bridgehead atoms. The van der Waals surface area contributed by atoms with Gasteiger partial charge in [0.2, 0.25) is 0 Å². The highest BCUT2D eigenvalue weighted by Gasteiger charge is 2.16. The van der Waals surface area contributed by atoms with Crippen LogP contribution in [-0.4, -0.2) is 44.0 Å². The van der Waals surface area contributed by atoms with Gasteiger partial charge in [0.1, 0.15) is 0 Å². The van der Waals surface area contributed by atoms with E-state index in [0.29, 0.717) is 6.54 Å². The van der Waals surface area contributed by atoms with Crippen LogP contribution in [0.2, 0.25) is 0 Å². The monoisotopic (exact) mass is 261 g/mol. The molecule has 1 amide bonds. The Hall–Kier alpha value is -1.55. The van der Waals surface area contributed by atoms with Gasteiger partial charge >= 0.3 is 0 Å². The molecule has 19 heavy (non-hydrogen) atoms.